The first-order valence-corrected chi connectivity index (χ1v) is 15.3. The van der Waals surface area contributed by atoms with Gasteiger partial charge < -0.3 is 19.7 Å². The molecule has 2 amide bonds. The minimum Gasteiger partial charge on any atom is -0.467 e. The van der Waals surface area contributed by atoms with Crippen LogP contribution in [0, 0.1) is 24.6 Å². The number of ether oxygens (including phenoxy) is 2. The van der Waals surface area contributed by atoms with Gasteiger partial charge in [-0.3, -0.25) is 4.79 Å². The fourth-order valence-corrected chi connectivity index (χ4v) is 4.93. The van der Waals surface area contributed by atoms with E-state index in [0.717, 1.165) is 18.1 Å². The van der Waals surface area contributed by atoms with Gasteiger partial charge in [-0.1, -0.05) is 12.0 Å². The summed E-state index contributed by atoms with van der Waals surface area (Å²) in [5, 5.41) is 2.38. The second kappa shape index (κ2) is 15.0. The monoisotopic (exact) mass is 723 g/mol. The summed E-state index contributed by atoms with van der Waals surface area (Å²) in [6.07, 6.45) is -10.1. The summed E-state index contributed by atoms with van der Waals surface area (Å²) in [6, 6.07) is 5.02. The Hall–Kier alpha value is -5.13. The molecule has 0 fully saturated rings. The summed E-state index contributed by atoms with van der Waals surface area (Å²) in [7, 11) is 2.40. The van der Waals surface area contributed by atoms with Crippen molar-refractivity contribution < 1.29 is 54.6 Å². The molecule has 3 rings (SSSR count). The van der Waals surface area contributed by atoms with Crippen LogP contribution < -0.4 is 10.2 Å². The molecule has 1 heterocycles. The lowest BCUT2D eigenvalue weighted by Crippen LogP contribution is -2.43. The van der Waals surface area contributed by atoms with Crippen LogP contribution in [-0.4, -0.2) is 48.8 Å². The van der Waals surface area contributed by atoms with Crippen LogP contribution in [0.4, 0.5) is 41.2 Å². The molecule has 0 radical (unpaired) electrons. The van der Waals surface area contributed by atoms with Crippen molar-refractivity contribution in [2.24, 2.45) is 0 Å². The number of carbonyl (C=O) groups is 3. The number of anilines is 1. The Bertz CT molecular complexity index is 1840. The number of aromatic nitrogens is 1. The highest BCUT2D eigenvalue weighted by molar-refractivity contribution is 6.03. The van der Waals surface area contributed by atoms with Crippen molar-refractivity contribution in [1.29, 1.82) is 0 Å². The van der Waals surface area contributed by atoms with Crippen molar-refractivity contribution >= 4 is 23.7 Å². The molecule has 51 heavy (non-hydrogen) atoms. The second-order valence-electron chi connectivity index (χ2n) is 13.1. The first-order chi connectivity index (χ1) is 23.3. The van der Waals surface area contributed by atoms with Crippen LogP contribution in [0.5, 0.6) is 0 Å². The number of carbonyl (C=O) groups excluding carboxylic acids is 3. The van der Waals surface area contributed by atoms with Crippen molar-refractivity contribution in [3.8, 4) is 23.0 Å². The number of aryl methyl sites for hydroxylation is 1. The fraction of sp³-hybridized carbons (Fsp3) is 0.389. The molecular weight excluding hydrogens is 687 g/mol. The van der Waals surface area contributed by atoms with Gasteiger partial charge in [0.2, 0.25) is 5.91 Å². The number of benzene rings is 2. The summed E-state index contributed by atoms with van der Waals surface area (Å²) in [5.41, 5.74) is -5.16. The molecule has 0 aliphatic carbocycles. The van der Waals surface area contributed by atoms with Crippen LogP contribution in [0.3, 0.4) is 0 Å². The second-order valence-corrected chi connectivity index (χ2v) is 13.1. The normalized spacial score (nSPS) is 12.7. The number of hydrogen-bond donors (Lipinski definition) is 1. The molecule has 0 bridgehead atoms. The predicted molar refractivity (Wildman–Crippen MR) is 174 cm³/mol. The van der Waals surface area contributed by atoms with Gasteiger partial charge in [0.15, 0.2) is 0 Å². The van der Waals surface area contributed by atoms with Crippen molar-refractivity contribution in [1.82, 2.24) is 10.3 Å². The zero-order valence-corrected chi connectivity index (χ0v) is 29.0. The molecule has 0 spiro atoms. The Labute approximate surface area is 290 Å². The third-order valence-electron chi connectivity index (χ3n) is 7.57. The van der Waals surface area contributed by atoms with Crippen LogP contribution in [-0.2, 0) is 36.8 Å². The maximum Gasteiger partial charge on any atom is 0.416 e. The predicted octanol–water partition coefficient (Wildman–Crippen LogP) is 7.98. The number of amides is 2. The average molecular weight is 724 g/mol. The van der Waals surface area contributed by atoms with Gasteiger partial charge >= 0.3 is 24.4 Å². The van der Waals surface area contributed by atoms with E-state index in [0.29, 0.717) is 23.3 Å². The summed E-state index contributed by atoms with van der Waals surface area (Å²) >= 11 is 0. The van der Waals surface area contributed by atoms with E-state index in [-0.39, 0.29) is 29.4 Å². The van der Waals surface area contributed by atoms with Crippen LogP contribution in [0.2, 0.25) is 0 Å². The van der Waals surface area contributed by atoms with E-state index in [1.165, 1.54) is 45.3 Å². The number of alkyl carbamates (subject to hydrolysis) is 1. The van der Waals surface area contributed by atoms with Gasteiger partial charge in [-0.25, -0.2) is 19.0 Å². The average Bonchev–Trinajstić information content (AvgIpc) is 3.01. The van der Waals surface area contributed by atoms with E-state index >= 15 is 0 Å². The minimum atomic E-state index is -5.13. The lowest BCUT2D eigenvalue weighted by atomic mass is 9.81. The number of nitrogens with one attached hydrogen (secondary N) is 1. The maximum atomic E-state index is 14.1. The van der Waals surface area contributed by atoms with Crippen LogP contribution in [0.1, 0.15) is 69.0 Å². The quantitative estimate of drug-likeness (QED) is 0.151. The van der Waals surface area contributed by atoms with Crippen molar-refractivity contribution in [3.63, 3.8) is 0 Å². The zero-order chi connectivity index (χ0) is 38.7. The first-order valence-electron chi connectivity index (χ1n) is 15.3. The van der Waals surface area contributed by atoms with Crippen LogP contribution in [0.15, 0.2) is 48.7 Å². The summed E-state index contributed by atoms with van der Waals surface area (Å²) in [6.45, 7) is 8.88. The molecule has 1 N–H and O–H groups in total. The molecule has 8 nitrogen and oxygen atoms in total. The van der Waals surface area contributed by atoms with Crippen molar-refractivity contribution in [3.05, 3.63) is 82.4 Å². The molecule has 0 aliphatic rings. The van der Waals surface area contributed by atoms with Crippen LogP contribution in [0.25, 0.3) is 11.1 Å². The Morgan fingerprint density at radius 1 is 0.882 bits per heavy atom. The fourth-order valence-electron chi connectivity index (χ4n) is 4.93. The lowest BCUT2D eigenvalue weighted by Gasteiger charge is -2.32. The Morgan fingerprint density at radius 2 is 1.45 bits per heavy atom. The third kappa shape index (κ3) is 10.2. The van der Waals surface area contributed by atoms with E-state index in [4.69, 9.17) is 9.47 Å². The first kappa shape index (κ1) is 40.3. The molecule has 15 heteroatoms. The van der Waals surface area contributed by atoms with Crippen molar-refractivity contribution in [2.45, 2.75) is 77.4 Å². The molecule has 0 saturated heterocycles. The van der Waals surface area contributed by atoms with Crippen LogP contribution >= 0.6 is 0 Å². The van der Waals surface area contributed by atoms with E-state index in [2.05, 4.69) is 22.1 Å². The maximum absolute atomic E-state index is 14.1. The number of likely N-dealkylation sites (N-methyl/N-ethyl adjacent to an activating group) is 1. The highest BCUT2D eigenvalue weighted by Crippen LogP contribution is 2.41. The highest BCUT2D eigenvalue weighted by atomic mass is 19.4. The highest BCUT2D eigenvalue weighted by Gasteiger charge is 2.41. The smallest absolute Gasteiger partial charge is 0.416 e. The number of nitrogens with zero attached hydrogens (tertiary/aromatic N) is 2. The molecule has 0 aliphatic heterocycles. The number of alkyl halides is 6. The van der Waals surface area contributed by atoms with E-state index in [1.807, 2.05) is 0 Å². The summed E-state index contributed by atoms with van der Waals surface area (Å²) in [4.78, 5) is 43.8. The number of hydrogen-bond acceptors (Lipinski definition) is 6. The minimum absolute atomic E-state index is 0.0200. The SMILES string of the molecule is COC(=O)[C@H](CC#Cc1cc(-c2ccc(F)cc2C)c(N(C)C(=O)C(C)(C)c2cc(C(F)(F)F)cc(C(F)(F)F)c2)cn1)NC(=O)OC(C)(C)C. The molecule has 2 aromatic carbocycles. The van der Waals surface area contributed by atoms with Gasteiger partial charge in [-0.15, -0.1) is 0 Å². The van der Waals surface area contributed by atoms with Crippen molar-refractivity contribution in [2.75, 3.05) is 19.1 Å². The topological polar surface area (TPSA) is 97.8 Å². The third-order valence-corrected chi connectivity index (χ3v) is 7.57. The van der Waals surface area contributed by atoms with Gasteiger partial charge in [0, 0.05) is 19.0 Å². The number of rotatable bonds is 7. The van der Waals surface area contributed by atoms with E-state index < -0.39 is 69.9 Å². The Kier molecular flexibility index (Phi) is 11.9. The molecule has 0 saturated carbocycles. The molecule has 274 valence electrons. The van der Waals surface area contributed by atoms with Gasteiger partial charge in [0.05, 0.1) is 35.5 Å². The standard InChI is InChI=1S/C36H36F7N3O5/c1-20-14-24(37)12-13-26(20)27-18-25(10-9-11-28(30(47)50-8)45-32(49)51-33(2,3)4)44-19-29(27)46(7)31(48)34(5,6)21-15-22(35(38,39)40)17-23(16-21)36(41,42)43/h12-19,28H,11H2,1-8H3,(H,45,49)/t28-/m0/s1. The molecule has 1 atom stereocenters. The zero-order valence-electron chi connectivity index (χ0n) is 29.0. The van der Waals surface area contributed by atoms with Gasteiger partial charge in [0.1, 0.15) is 23.2 Å². The van der Waals surface area contributed by atoms with Gasteiger partial charge in [-0.05, 0) is 101 Å². The number of methoxy groups -OCH3 is 1. The summed E-state index contributed by atoms with van der Waals surface area (Å²) in [5.74, 6) is 3.24. The van der Waals surface area contributed by atoms with Gasteiger partial charge in [0.25, 0.3) is 0 Å². The number of esters is 1. The number of pyridine rings is 1. The Balaban J connectivity index is 2.09. The van der Waals surface area contributed by atoms with Gasteiger partial charge in [-0.2, -0.15) is 26.3 Å². The molecule has 1 aromatic heterocycles. The van der Waals surface area contributed by atoms with E-state index in [1.54, 1.807) is 27.7 Å². The Morgan fingerprint density at radius 3 is 1.96 bits per heavy atom. The largest absolute Gasteiger partial charge is 0.467 e. The molecular formula is C36H36F7N3O5. The van der Waals surface area contributed by atoms with E-state index in [9.17, 15) is 45.1 Å². The number of halogens is 7. The molecule has 3 aromatic rings. The summed E-state index contributed by atoms with van der Waals surface area (Å²) < 4.78 is 106. The molecule has 0 unspecified atom stereocenters. The lowest BCUT2D eigenvalue weighted by molar-refractivity contribution is -0.144.